The van der Waals surface area contributed by atoms with Crippen LogP contribution in [-0.2, 0) is 0 Å². The molecule has 1 aliphatic rings. The van der Waals surface area contributed by atoms with Gasteiger partial charge in [0.05, 0.1) is 11.3 Å². The zero-order valence-corrected chi connectivity index (χ0v) is 21.1. The van der Waals surface area contributed by atoms with Gasteiger partial charge in [-0.15, -0.1) is 34.7 Å². The quantitative estimate of drug-likeness (QED) is 0.385. The van der Waals surface area contributed by atoms with Crippen LogP contribution in [0.1, 0.15) is 71.5 Å². The standard InChI is InChI=1S/C23H25F3N4O2S.C2H6/c1-13-10-19(20(28-13)17-4-3-5-18(11-17)32-23(24,25)26)21(31)27-12-15-6-8-16(9-7-15)22-30-29-14(2)33-22;1-2/h3-5,10-11,15-16,28H,6-9,12H2,1-2H3,(H,27,31);1-2H3. The van der Waals surface area contributed by atoms with E-state index in [0.717, 1.165) is 41.4 Å². The zero-order valence-electron chi connectivity index (χ0n) is 20.3. The molecular weight excluding hydrogens is 477 g/mol. The number of alkyl halides is 3. The van der Waals surface area contributed by atoms with Crippen molar-refractivity contribution in [3.63, 3.8) is 0 Å². The Kier molecular flexibility index (Phi) is 8.93. The first-order valence-electron chi connectivity index (χ1n) is 11.8. The van der Waals surface area contributed by atoms with Crippen LogP contribution in [0, 0.1) is 19.8 Å². The highest BCUT2D eigenvalue weighted by atomic mass is 32.1. The fraction of sp³-hybridized carbons (Fsp3) is 0.480. The molecule has 1 aliphatic carbocycles. The van der Waals surface area contributed by atoms with Gasteiger partial charge in [-0.05, 0) is 63.6 Å². The number of aromatic amines is 1. The average Bonchev–Trinajstić information content (AvgIpc) is 3.44. The molecule has 0 atom stereocenters. The van der Waals surface area contributed by atoms with E-state index in [2.05, 4.69) is 25.2 Å². The largest absolute Gasteiger partial charge is 0.573 e. The van der Waals surface area contributed by atoms with Crippen LogP contribution < -0.4 is 10.1 Å². The summed E-state index contributed by atoms with van der Waals surface area (Å²) in [4.78, 5) is 16.0. The molecule has 0 radical (unpaired) electrons. The summed E-state index contributed by atoms with van der Waals surface area (Å²) in [5, 5.41) is 13.5. The van der Waals surface area contributed by atoms with Crippen molar-refractivity contribution >= 4 is 17.2 Å². The van der Waals surface area contributed by atoms with Crippen molar-refractivity contribution in [1.82, 2.24) is 20.5 Å². The highest BCUT2D eigenvalue weighted by Crippen LogP contribution is 2.37. The van der Waals surface area contributed by atoms with E-state index in [1.807, 2.05) is 20.8 Å². The highest BCUT2D eigenvalue weighted by Gasteiger charge is 2.31. The predicted octanol–water partition coefficient (Wildman–Crippen LogP) is 6.78. The number of hydrogen-bond acceptors (Lipinski definition) is 5. The van der Waals surface area contributed by atoms with Crippen LogP contribution in [0.3, 0.4) is 0 Å². The van der Waals surface area contributed by atoms with Crippen LogP contribution in [-0.4, -0.2) is 34.0 Å². The summed E-state index contributed by atoms with van der Waals surface area (Å²) in [7, 11) is 0. The number of ether oxygens (including phenoxy) is 1. The first kappa shape index (κ1) is 26.7. The summed E-state index contributed by atoms with van der Waals surface area (Å²) in [6.45, 7) is 8.31. The van der Waals surface area contributed by atoms with Gasteiger partial charge in [-0.2, -0.15) is 0 Å². The summed E-state index contributed by atoms with van der Waals surface area (Å²) in [6, 6.07) is 7.31. The number of nitrogens with one attached hydrogen (secondary N) is 2. The van der Waals surface area contributed by atoms with E-state index in [9.17, 15) is 18.0 Å². The molecule has 0 aliphatic heterocycles. The number of halogens is 3. The van der Waals surface area contributed by atoms with Crippen molar-refractivity contribution in [3.05, 3.63) is 51.6 Å². The number of carbonyl (C=O) groups is 1. The lowest BCUT2D eigenvalue weighted by atomic mass is 9.82. The third kappa shape index (κ3) is 7.30. The Labute approximate surface area is 207 Å². The van der Waals surface area contributed by atoms with E-state index in [1.54, 1.807) is 30.4 Å². The van der Waals surface area contributed by atoms with Crippen LogP contribution in [0.2, 0.25) is 0 Å². The fourth-order valence-electron chi connectivity index (χ4n) is 4.27. The number of rotatable bonds is 6. The molecule has 1 aromatic carbocycles. The van der Waals surface area contributed by atoms with Crippen LogP contribution in [0.15, 0.2) is 30.3 Å². The Bertz CT molecular complexity index is 1120. The molecule has 0 spiro atoms. The molecule has 190 valence electrons. The average molecular weight is 509 g/mol. The van der Waals surface area contributed by atoms with E-state index in [0.29, 0.717) is 35.2 Å². The van der Waals surface area contributed by atoms with Crippen molar-refractivity contribution in [2.24, 2.45) is 5.92 Å². The van der Waals surface area contributed by atoms with Gasteiger partial charge in [0.25, 0.3) is 5.91 Å². The molecule has 0 bridgehead atoms. The van der Waals surface area contributed by atoms with Crippen LogP contribution >= 0.6 is 11.3 Å². The van der Waals surface area contributed by atoms with Gasteiger partial charge >= 0.3 is 6.36 Å². The lowest BCUT2D eigenvalue weighted by Crippen LogP contribution is -2.31. The Balaban J connectivity index is 0.00000167. The lowest BCUT2D eigenvalue weighted by Gasteiger charge is -2.27. The minimum Gasteiger partial charge on any atom is -0.406 e. The predicted molar refractivity (Wildman–Crippen MR) is 131 cm³/mol. The maximum Gasteiger partial charge on any atom is 0.573 e. The maximum atomic E-state index is 12.9. The molecule has 2 heterocycles. The summed E-state index contributed by atoms with van der Waals surface area (Å²) in [5.74, 6) is 0.235. The third-order valence-electron chi connectivity index (χ3n) is 5.84. The molecule has 0 unspecified atom stereocenters. The van der Waals surface area contributed by atoms with Gasteiger partial charge in [0.15, 0.2) is 0 Å². The molecule has 2 N–H and O–H groups in total. The number of aryl methyl sites for hydroxylation is 2. The van der Waals surface area contributed by atoms with Crippen molar-refractivity contribution in [3.8, 4) is 17.0 Å². The smallest absolute Gasteiger partial charge is 0.406 e. The van der Waals surface area contributed by atoms with Crippen molar-refractivity contribution in [2.75, 3.05) is 6.54 Å². The Morgan fingerprint density at radius 1 is 1.14 bits per heavy atom. The molecule has 1 saturated carbocycles. The van der Waals surface area contributed by atoms with E-state index in [1.165, 1.54) is 18.2 Å². The molecule has 2 aromatic heterocycles. The number of aromatic nitrogens is 3. The van der Waals surface area contributed by atoms with Gasteiger partial charge in [-0.1, -0.05) is 26.0 Å². The number of hydrogen-bond donors (Lipinski definition) is 2. The van der Waals surface area contributed by atoms with Crippen molar-refractivity contribution in [1.29, 1.82) is 0 Å². The van der Waals surface area contributed by atoms with Gasteiger partial charge in [0.2, 0.25) is 0 Å². The van der Waals surface area contributed by atoms with Gasteiger partial charge in [-0.25, -0.2) is 0 Å². The molecule has 1 fully saturated rings. The second-order valence-corrected chi connectivity index (χ2v) is 9.62. The third-order valence-corrected chi connectivity index (χ3v) is 6.84. The molecule has 10 heteroatoms. The van der Waals surface area contributed by atoms with Crippen LogP contribution in [0.5, 0.6) is 5.75 Å². The molecule has 3 aromatic rings. The van der Waals surface area contributed by atoms with E-state index >= 15 is 0 Å². The summed E-state index contributed by atoms with van der Waals surface area (Å²) in [5.41, 5.74) is 2.05. The Morgan fingerprint density at radius 3 is 2.49 bits per heavy atom. The number of carbonyl (C=O) groups excluding carboxylic acids is 1. The van der Waals surface area contributed by atoms with Crippen LogP contribution in [0.4, 0.5) is 13.2 Å². The fourth-order valence-corrected chi connectivity index (χ4v) is 5.14. The molecule has 0 saturated heterocycles. The van der Waals surface area contributed by atoms with Gasteiger partial charge in [0.1, 0.15) is 15.8 Å². The number of benzene rings is 1. The SMILES string of the molecule is CC.Cc1cc(C(=O)NCC2CCC(c3nnc(C)s3)CC2)c(-c2cccc(OC(F)(F)F)c2)[nH]1. The second-order valence-electron chi connectivity index (χ2n) is 8.40. The summed E-state index contributed by atoms with van der Waals surface area (Å²) in [6.07, 6.45) is -0.734. The van der Waals surface area contributed by atoms with Crippen LogP contribution in [0.25, 0.3) is 11.3 Å². The topological polar surface area (TPSA) is 79.9 Å². The zero-order chi connectivity index (χ0) is 25.6. The van der Waals surface area contributed by atoms with Gasteiger partial charge < -0.3 is 15.0 Å². The molecule has 1 amide bonds. The lowest BCUT2D eigenvalue weighted by molar-refractivity contribution is -0.274. The van der Waals surface area contributed by atoms with E-state index < -0.39 is 6.36 Å². The van der Waals surface area contributed by atoms with Crippen molar-refractivity contribution in [2.45, 2.75) is 65.7 Å². The minimum atomic E-state index is -4.78. The van der Waals surface area contributed by atoms with Gasteiger partial charge in [0, 0.05) is 23.7 Å². The monoisotopic (exact) mass is 508 g/mol. The van der Waals surface area contributed by atoms with E-state index in [-0.39, 0.29) is 11.7 Å². The van der Waals surface area contributed by atoms with Crippen molar-refractivity contribution < 1.29 is 22.7 Å². The molecule has 35 heavy (non-hydrogen) atoms. The second kappa shape index (κ2) is 11.7. The van der Waals surface area contributed by atoms with E-state index in [4.69, 9.17) is 0 Å². The summed E-state index contributed by atoms with van der Waals surface area (Å²) >= 11 is 1.65. The maximum absolute atomic E-state index is 12.9. The molecular formula is C25H31F3N4O2S. The highest BCUT2D eigenvalue weighted by molar-refractivity contribution is 7.11. The Hall–Kier alpha value is -2.88. The normalized spacial score (nSPS) is 17.9. The van der Waals surface area contributed by atoms with Gasteiger partial charge in [-0.3, -0.25) is 4.79 Å². The number of amides is 1. The molecule has 4 rings (SSSR count). The minimum absolute atomic E-state index is 0.252. The number of nitrogens with zero attached hydrogens (tertiary/aromatic N) is 2. The Morgan fingerprint density at radius 2 is 1.86 bits per heavy atom. The first-order valence-corrected chi connectivity index (χ1v) is 12.6. The molecule has 6 nitrogen and oxygen atoms in total. The summed E-state index contributed by atoms with van der Waals surface area (Å²) < 4.78 is 41.8. The number of H-pyrrole nitrogens is 1. The first-order chi connectivity index (χ1) is 16.7.